The number of imidazole rings is 1. The van der Waals surface area contributed by atoms with Gasteiger partial charge in [0.05, 0.1) is 53.3 Å². The largest absolute Gasteiger partial charge is 0.395 e. The first kappa shape index (κ1) is 24.8. The second-order valence-electron chi connectivity index (χ2n) is 8.55. The summed E-state index contributed by atoms with van der Waals surface area (Å²) in [6.07, 6.45) is 3.33. The van der Waals surface area contributed by atoms with Gasteiger partial charge in [-0.2, -0.15) is 0 Å². The highest BCUT2D eigenvalue weighted by molar-refractivity contribution is 5.98. The highest BCUT2D eigenvalue weighted by Gasteiger charge is 2.21. The van der Waals surface area contributed by atoms with Gasteiger partial charge in [-0.25, -0.2) is 19.3 Å². The van der Waals surface area contributed by atoms with Crippen molar-refractivity contribution in [2.75, 3.05) is 24.2 Å². The minimum absolute atomic E-state index is 0.0411. The number of nitrogens with one attached hydrogen (secondary N) is 2. The number of halogens is 1. The fourth-order valence-corrected chi connectivity index (χ4v) is 4.08. The molecule has 0 aliphatic carbocycles. The number of pyridine rings is 1. The molecule has 10 nitrogen and oxygen atoms in total. The maximum atomic E-state index is 13.6. The number of anilines is 2. The van der Waals surface area contributed by atoms with Gasteiger partial charge in [-0.15, -0.1) is 0 Å². The zero-order valence-corrected chi connectivity index (χ0v) is 20.5. The molecule has 0 radical (unpaired) electrons. The predicted molar refractivity (Wildman–Crippen MR) is 143 cm³/mol. The molecular weight excluding hydrogens is 487 g/mol. The van der Waals surface area contributed by atoms with Gasteiger partial charge in [0.25, 0.3) is 5.91 Å². The van der Waals surface area contributed by atoms with Crippen molar-refractivity contribution in [1.82, 2.24) is 29.8 Å². The van der Waals surface area contributed by atoms with Crippen LogP contribution < -0.4 is 16.4 Å². The van der Waals surface area contributed by atoms with E-state index in [1.54, 1.807) is 30.7 Å². The minimum Gasteiger partial charge on any atom is -0.395 e. The number of hydrogen-bond acceptors (Lipinski definition) is 8. The van der Waals surface area contributed by atoms with Crippen LogP contribution in [0, 0.1) is 5.82 Å². The number of amides is 1. The number of aliphatic hydroxyl groups excluding tert-OH is 1. The number of nitrogen functional groups attached to an aromatic ring is 1. The number of nitrogens with two attached hydrogens (primary N) is 1. The van der Waals surface area contributed by atoms with Gasteiger partial charge in [0.15, 0.2) is 11.5 Å². The number of fused-ring (bicyclic) bond motifs is 1. The van der Waals surface area contributed by atoms with Crippen LogP contribution in [0.1, 0.15) is 16.2 Å². The summed E-state index contributed by atoms with van der Waals surface area (Å²) in [6.45, 7) is 0.408. The quantitative estimate of drug-likeness (QED) is 0.248. The molecule has 0 spiro atoms. The molecule has 0 aliphatic rings. The first-order chi connectivity index (χ1) is 18.4. The topological polar surface area (TPSA) is 144 Å². The minimum atomic E-state index is -0.526. The monoisotopic (exact) mass is 512 g/mol. The normalized spacial score (nSPS) is 11.0. The van der Waals surface area contributed by atoms with Crippen LogP contribution in [0.4, 0.5) is 15.9 Å². The average Bonchev–Trinajstić information content (AvgIpc) is 3.31. The van der Waals surface area contributed by atoms with Crippen LogP contribution in [0.2, 0.25) is 0 Å². The number of carbonyl (C=O) groups is 1. The molecule has 0 bridgehead atoms. The first-order valence-corrected chi connectivity index (χ1v) is 11.9. The number of carbonyl (C=O) groups excluding carboxylic acids is 1. The third-order valence-electron chi connectivity index (χ3n) is 5.99. The Hall–Kier alpha value is -4.90. The van der Waals surface area contributed by atoms with Gasteiger partial charge in [0.2, 0.25) is 0 Å². The Labute approximate surface area is 217 Å². The number of nitrogens with zero attached hydrogens (tertiary/aromatic N) is 5. The molecule has 192 valence electrons. The van der Waals surface area contributed by atoms with Crippen molar-refractivity contribution in [1.29, 1.82) is 0 Å². The molecule has 0 unspecified atom stereocenters. The zero-order valence-electron chi connectivity index (χ0n) is 20.5. The Bertz CT molecular complexity index is 1620. The summed E-state index contributed by atoms with van der Waals surface area (Å²) in [5.74, 6) is -0.972. The summed E-state index contributed by atoms with van der Waals surface area (Å²) in [5, 5.41) is 15.0. The molecule has 3 aromatic heterocycles. The molecule has 0 fully saturated rings. The van der Waals surface area contributed by atoms with Crippen molar-refractivity contribution in [3.8, 4) is 22.5 Å². The van der Waals surface area contributed by atoms with Crippen molar-refractivity contribution in [2.45, 2.75) is 6.54 Å². The highest BCUT2D eigenvalue weighted by Crippen LogP contribution is 2.32. The first-order valence-electron chi connectivity index (χ1n) is 11.9. The Morgan fingerprint density at radius 1 is 1.05 bits per heavy atom. The molecule has 0 saturated carbocycles. The Kier molecular flexibility index (Phi) is 6.92. The van der Waals surface area contributed by atoms with E-state index in [0.717, 1.165) is 11.0 Å². The standard InChI is InChI=1S/C27H25FN8O2/c1-36-15-33-20-9-6-17(13-22(20)36)24-23(16-4-7-18(28)8-5-16)35-26(29)25(34-24)27(38)32-14-21-19(31-11-12-37)3-2-10-30-21/h2-10,13,15,31,37H,11-12,14H2,1H3,(H2,29,35)(H,32,38). The van der Waals surface area contributed by atoms with E-state index in [0.29, 0.717) is 40.4 Å². The van der Waals surface area contributed by atoms with E-state index in [1.165, 1.54) is 12.1 Å². The fraction of sp³-hybridized carbons (Fsp3) is 0.148. The van der Waals surface area contributed by atoms with E-state index < -0.39 is 5.91 Å². The molecule has 0 saturated heterocycles. The fourth-order valence-electron chi connectivity index (χ4n) is 4.08. The van der Waals surface area contributed by atoms with E-state index in [4.69, 9.17) is 10.8 Å². The SMILES string of the molecule is Cn1cnc2ccc(-c3nc(C(=O)NCc4ncccc4NCCO)c(N)nc3-c3ccc(F)cc3)cc21. The number of hydrogen-bond donors (Lipinski definition) is 4. The van der Waals surface area contributed by atoms with Crippen LogP contribution in [0.15, 0.2) is 67.1 Å². The van der Waals surface area contributed by atoms with E-state index >= 15 is 0 Å². The number of aryl methyl sites for hydroxylation is 1. The molecule has 5 rings (SSSR count). The summed E-state index contributed by atoms with van der Waals surface area (Å²) < 4.78 is 15.5. The third-order valence-corrected chi connectivity index (χ3v) is 5.99. The van der Waals surface area contributed by atoms with Crippen molar-refractivity contribution < 1.29 is 14.3 Å². The van der Waals surface area contributed by atoms with E-state index in [2.05, 4.69) is 30.6 Å². The molecule has 11 heteroatoms. The summed E-state index contributed by atoms with van der Waals surface area (Å²) in [7, 11) is 1.88. The number of aromatic nitrogens is 5. The second kappa shape index (κ2) is 10.6. The Morgan fingerprint density at radius 3 is 2.61 bits per heavy atom. The molecule has 0 aliphatic heterocycles. The van der Waals surface area contributed by atoms with Gasteiger partial charge in [-0.3, -0.25) is 9.78 Å². The maximum absolute atomic E-state index is 13.6. The van der Waals surface area contributed by atoms with Crippen LogP contribution >= 0.6 is 0 Å². The van der Waals surface area contributed by atoms with Gasteiger partial charge in [0.1, 0.15) is 5.82 Å². The lowest BCUT2D eigenvalue weighted by Crippen LogP contribution is -2.27. The molecular formula is C27H25FN8O2. The average molecular weight is 513 g/mol. The lowest BCUT2D eigenvalue weighted by Gasteiger charge is -2.14. The van der Waals surface area contributed by atoms with Gasteiger partial charge in [-0.05, 0) is 48.5 Å². The molecule has 2 aromatic carbocycles. The summed E-state index contributed by atoms with van der Waals surface area (Å²) in [4.78, 5) is 31.1. The van der Waals surface area contributed by atoms with Crippen LogP contribution in [-0.4, -0.2) is 48.7 Å². The lowest BCUT2D eigenvalue weighted by molar-refractivity contribution is 0.0946. The van der Waals surface area contributed by atoms with E-state index in [-0.39, 0.29) is 30.5 Å². The van der Waals surface area contributed by atoms with Gasteiger partial charge >= 0.3 is 0 Å². The summed E-state index contributed by atoms with van der Waals surface area (Å²) in [5.41, 5.74) is 11.3. The van der Waals surface area contributed by atoms with Gasteiger partial charge < -0.3 is 26.0 Å². The van der Waals surface area contributed by atoms with Crippen molar-refractivity contribution in [2.24, 2.45) is 7.05 Å². The van der Waals surface area contributed by atoms with Crippen molar-refractivity contribution in [3.05, 3.63) is 84.3 Å². The Morgan fingerprint density at radius 2 is 1.82 bits per heavy atom. The lowest BCUT2D eigenvalue weighted by atomic mass is 10.0. The zero-order chi connectivity index (χ0) is 26.6. The molecule has 1 amide bonds. The van der Waals surface area contributed by atoms with E-state index in [9.17, 15) is 9.18 Å². The maximum Gasteiger partial charge on any atom is 0.274 e. The molecule has 0 atom stereocenters. The third kappa shape index (κ3) is 5.00. The van der Waals surface area contributed by atoms with Crippen molar-refractivity contribution in [3.63, 3.8) is 0 Å². The van der Waals surface area contributed by atoms with Crippen LogP contribution in [0.3, 0.4) is 0 Å². The van der Waals surface area contributed by atoms with Gasteiger partial charge in [0, 0.05) is 30.9 Å². The predicted octanol–water partition coefficient (Wildman–Crippen LogP) is 3.15. The second-order valence-corrected chi connectivity index (χ2v) is 8.55. The molecule has 38 heavy (non-hydrogen) atoms. The number of benzene rings is 2. The van der Waals surface area contributed by atoms with Gasteiger partial charge in [-0.1, -0.05) is 6.07 Å². The highest BCUT2D eigenvalue weighted by atomic mass is 19.1. The smallest absolute Gasteiger partial charge is 0.274 e. The molecule has 3 heterocycles. The summed E-state index contributed by atoms with van der Waals surface area (Å²) >= 11 is 0. The molecule has 5 aromatic rings. The Balaban J connectivity index is 1.53. The van der Waals surface area contributed by atoms with E-state index in [1.807, 2.05) is 35.9 Å². The summed E-state index contributed by atoms with van der Waals surface area (Å²) in [6, 6.07) is 15.0. The van der Waals surface area contributed by atoms with Crippen LogP contribution in [0.25, 0.3) is 33.5 Å². The number of rotatable bonds is 8. The number of aliphatic hydroxyl groups is 1. The van der Waals surface area contributed by atoms with Crippen molar-refractivity contribution >= 4 is 28.4 Å². The molecule has 5 N–H and O–H groups in total. The van der Waals surface area contributed by atoms with Crippen LogP contribution in [-0.2, 0) is 13.6 Å². The van der Waals surface area contributed by atoms with Crippen LogP contribution in [0.5, 0.6) is 0 Å².